The van der Waals surface area contributed by atoms with E-state index in [9.17, 15) is 18.0 Å². The predicted molar refractivity (Wildman–Crippen MR) is 79.9 cm³/mol. The van der Waals surface area contributed by atoms with E-state index in [-0.39, 0.29) is 18.3 Å². The van der Waals surface area contributed by atoms with Crippen molar-refractivity contribution >= 4 is 6.03 Å². The first kappa shape index (κ1) is 17.4. The summed E-state index contributed by atoms with van der Waals surface area (Å²) in [5.41, 5.74) is 0.700. The van der Waals surface area contributed by atoms with Gasteiger partial charge < -0.3 is 15.4 Å². The van der Waals surface area contributed by atoms with Gasteiger partial charge in [0.05, 0.1) is 0 Å². The summed E-state index contributed by atoms with van der Waals surface area (Å²) in [6, 6.07) is 5.16. The normalized spacial score (nSPS) is 15.4. The molecular formula is C16H21F3N2O2. The van der Waals surface area contributed by atoms with E-state index in [0.717, 1.165) is 12.3 Å². The van der Waals surface area contributed by atoms with Crippen molar-refractivity contribution in [3.05, 3.63) is 29.8 Å². The van der Waals surface area contributed by atoms with Crippen molar-refractivity contribution in [1.29, 1.82) is 0 Å². The van der Waals surface area contributed by atoms with E-state index < -0.39 is 6.36 Å². The van der Waals surface area contributed by atoms with Crippen LogP contribution in [0.15, 0.2) is 24.3 Å². The molecule has 23 heavy (non-hydrogen) atoms. The number of benzene rings is 1. The molecule has 2 rings (SSSR count). The van der Waals surface area contributed by atoms with Crippen LogP contribution in [-0.4, -0.2) is 18.9 Å². The Bertz CT molecular complexity index is 497. The molecule has 0 saturated heterocycles. The third-order valence-electron chi connectivity index (χ3n) is 3.92. The number of rotatable bonds is 6. The minimum absolute atomic E-state index is 0.252. The Morgan fingerprint density at radius 3 is 2.39 bits per heavy atom. The molecule has 7 heteroatoms. The molecule has 1 aromatic carbocycles. The molecular weight excluding hydrogens is 309 g/mol. The average molecular weight is 330 g/mol. The highest BCUT2D eigenvalue weighted by molar-refractivity contribution is 5.73. The highest BCUT2D eigenvalue weighted by Gasteiger charge is 2.30. The van der Waals surface area contributed by atoms with Gasteiger partial charge in [0.25, 0.3) is 0 Å². The van der Waals surface area contributed by atoms with Crippen molar-refractivity contribution in [1.82, 2.24) is 10.6 Å². The van der Waals surface area contributed by atoms with Gasteiger partial charge in [-0.05, 0) is 30.0 Å². The van der Waals surface area contributed by atoms with Crippen LogP contribution in [0.3, 0.4) is 0 Å². The summed E-state index contributed by atoms with van der Waals surface area (Å²) < 4.78 is 39.9. The second-order valence-electron chi connectivity index (χ2n) is 5.74. The Labute approximate surface area is 133 Å². The van der Waals surface area contributed by atoms with Crippen molar-refractivity contribution in [3.63, 3.8) is 0 Å². The highest BCUT2D eigenvalue weighted by atomic mass is 19.4. The van der Waals surface area contributed by atoms with Crippen molar-refractivity contribution < 1.29 is 22.7 Å². The van der Waals surface area contributed by atoms with Crippen LogP contribution in [0.4, 0.5) is 18.0 Å². The van der Waals surface area contributed by atoms with E-state index in [1.807, 2.05) is 0 Å². The lowest BCUT2D eigenvalue weighted by Crippen LogP contribution is -2.36. The Morgan fingerprint density at radius 1 is 1.13 bits per heavy atom. The summed E-state index contributed by atoms with van der Waals surface area (Å²) in [5, 5.41) is 5.48. The van der Waals surface area contributed by atoms with Crippen molar-refractivity contribution in [2.45, 2.75) is 45.0 Å². The van der Waals surface area contributed by atoms with Crippen LogP contribution in [0, 0.1) is 5.92 Å². The average Bonchev–Trinajstić information content (AvgIpc) is 2.98. The van der Waals surface area contributed by atoms with Gasteiger partial charge in [-0.25, -0.2) is 4.79 Å². The van der Waals surface area contributed by atoms with Crippen LogP contribution in [0.5, 0.6) is 5.75 Å². The fourth-order valence-corrected chi connectivity index (χ4v) is 2.74. The van der Waals surface area contributed by atoms with E-state index in [2.05, 4.69) is 15.4 Å². The summed E-state index contributed by atoms with van der Waals surface area (Å²) in [6.07, 6.45) is 1.36. The highest BCUT2D eigenvalue weighted by Crippen LogP contribution is 2.26. The van der Waals surface area contributed by atoms with Gasteiger partial charge in [0, 0.05) is 13.1 Å². The molecule has 1 fully saturated rings. The molecule has 0 aromatic heterocycles. The van der Waals surface area contributed by atoms with Gasteiger partial charge in [-0.1, -0.05) is 37.8 Å². The fraction of sp³-hybridized carbons (Fsp3) is 0.562. The van der Waals surface area contributed by atoms with Gasteiger partial charge in [-0.3, -0.25) is 0 Å². The van der Waals surface area contributed by atoms with Crippen molar-refractivity contribution in [3.8, 4) is 5.75 Å². The number of hydrogen-bond donors (Lipinski definition) is 2. The first-order valence-corrected chi connectivity index (χ1v) is 7.79. The summed E-state index contributed by atoms with van der Waals surface area (Å²) in [7, 11) is 0. The third kappa shape index (κ3) is 6.80. The molecule has 1 aromatic rings. The van der Waals surface area contributed by atoms with Crippen LogP contribution < -0.4 is 15.4 Å². The smallest absolute Gasteiger partial charge is 0.406 e. The van der Waals surface area contributed by atoms with E-state index in [1.54, 1.807) is 0 Å². The Balaban J connectivity index is 1.65. The molecule has 0 heterocycles. The van der Waals surface area contributed by atoms with Crippen LogP contribution >= 0.6 is 0 Å². The zero-order chi connectivity index (χ0) is 16.7. The minimum Gasteiger partial charge on any atom is -0.406 e. The van der Waals surface area contributed by atoms with Crippen LogP contribution in [0.1, 0.15) is 37.7 Å². The standard InChI is InChI=1S/C16H21F3N2O2/c17-16(18,19)23-14-7-5-13(6-8-14)11-21-15(22)20-10-9-12-3-1-2-4-12/h5-8,12H,1-4,9-11H2,(H2,20,21,22). The Hall–Kier alpha value is -1.92. The maximum atomic E-state index is 12.0. The van der Waals surface area contributed by atoms with Gasteiger partial charge in [0.15, 0.2) is 0 Å². The molecule has 128 valence electrons. The summed E-state index contributed by atoms with van der Waals surface area (Å²) in [5.74, 6) is 0.443. The first-order chi connectivity index (χ1) is 10.9. The molecule has 0 radical (unpaired) electrons. The third-order valence-corrected chi connectivity index (χ3v) is 3.92. The van der Waals surface area contributed by atoms with Crippen molar-refractivity contribution in [2.24, 2.45) is 5.92 Å². The summed E-state index contributed by atoms with van der Waals surface area (Å²) in [6.45, 7) is 0.899. The quantitative estimate of drug-likeness (QED) is 0.829. The number of amides is 2. The maximum Gasteiger partial charge on any atom is 0.573 e. The largest absolute Gasteiger partial charge is 0.573 e. The van der Waals surface area contributed by atoms with E-state index in [1.165, 1.54) is 49.9 Å². The number of carbonyl (C=O) groups excluding carboxylic acids is 1. The molecule has 0 unspecified atom stereocenters. The molecule has 1 saturated carbocycles. The van der Waals surface area contributed by atoms with E-state index in [0.29, 0.717) is 12.1 Å². The molecule has 1 aliphatic rings. The lowest BCUT2D eigenvalue weighted by Gasteiger charge is -2.11. The SMILES string of the molecule is O=C(NCCC1CCCC1)NCc1ccc(OC(F)(F)F)cc1. The van der Waals surface area contributed by atoms with Gasteiger partial charge in [0.1, 0.15) is 5.75 Å². The molecule has 2 amide bonds. The van der Waals surface area contributed by atoms with Gasteiger partial charge in [-0.15, -0.1) is 13.2 Å². The first-order valence-electron chi connectivity index (χ1n) is 7.79. The van der Waals surface area contributed by atoms with Gasteiger partial charge in [-0.2, -0.15) is 0 Å². The van der Waals surface area contributed by atoms with Crippen LogP contribution in [0.2, 0.25) is 0 Å². The Morgan fingerprint density at radius 2 is 1.78 bits per heavy atom. The second-order valence-corrected chi connectivity index (χ2v) is 5.74. The van der Waals surface area contributed by atoms with Crippen LogP contribution in [0.25, 0.3) is 0 Å². The van der Waals surface area contributed by atoms with E-state index >= 15 is 0 Å². The molecule has 0 bridgehead atoms. The lowest BCUT2D eigenvalue weighted by atomic mass is 10.0. The lowest BCUT2D eigenvalue weighted by molar-refractivity contribution is -0.274. The monoisotopic (exact) mass is 330 g/mol. The molecule has 2 N–H and O–H groups in total. The maximum absolute atomic E-state index is 12.0. The number of carbonyl (C=O) groups is 1. The van der Waals surface area contributed by atoms with Crippen LogP contribution in [-0.2, 0) is 6.54 Å². The second kappa shape index (κ2) is 8.08. The number of ether oxygens (including phenoxy) is 1. The predicted octanol–water partition coefficient (Wildman–Crippen LogP) is 3.96. The fourth-order valence-electron chi connectivity index (χ4n) is 2.74. The molecule has 0 atom stereocenters. The molecule has 0 aliphatic heterocycles. The molecule has 4 nitrogen and oxygen atoms in total. The number of alkyl halides is 3. The molecule has 1 aliphatic carbocycles. The van der Waals surface area contributed by atoms with Gasteiger partial charge >= 0.3 is 12.4 Å². The van der Waals surface area contributed by atoms with E-state index in [4.69, 9.17) is 0 Å². The zero-order valence-corrected chi connectivity index (χ0v) is 12.8. The minimum atomic E-state index is -4.70. The summed E-state index contributed by atoms with van der Waals surface area (Å²) in [4.78, 5) is 11.6. The number of urea groups is 1. The molecule has 0 spiro atoms. The number of nitrogens with one attached hydrogen (secondary N) is 2. The number of hydrogen-bond acceptors (Lipinski definition) is 2. The summed E-state index contributed by atoms with van der Waals surface area (Å²) >= 11 is 0. The Kier molecular flexibility index (Phi) is 6.12. The topological polar surface area (TPSA) is 50.4 Å². The van der Waals surface area contributed by atoms with Gasteiger partial charge in [0.2, 0.25) is 0 Å². The number of halogens is 3. The van der Waals surface area contributed by atoms with Crippen molar-refractivity contribution in [2.75, 3.05) is 6.54 Å². The zero-order valence-electron chi connectivity index (χ0n) is 12.8.